The molecular weight excluding hydrogens is 202 g/mol. The van der Waals surface area contributed by atoms with Crippen LogP contribution in [0.3, 0.4) is 0 Å². The number of fused-ring (bicyclic) bond motifs is 3. The van der Waals surface area contributed by atoms with Gasteiger partial charge in [-0.15, -0.1) is 0 Å². The van der Waals surface area contributed by atoms with E-state index < -0.39 is 0 Å². The van der Waals surface area contributed by atoms with Crippen molar-refractivity contribution in [3.63, 3.8) is 0 Å². The highest BCUT2D eigenvalue weighted by molar-refractivity contribution is 5.74. The number of hydrogen-bond acceptors (Lipinski definition) is 5. The van der Waals surface area contributed by atoms with E-state index in [9.17, 15) is 9.59 Å². The minimum atomic E-state index is -0.378. The van der Waals surface area contributed by atoms with E-state index >= 15 is 0 Å². The Balaban J connectivity index is 1.89. The van der Waals surface area contributed by atoms with Crippen molar-refractivity contribution in [1.82, 2.24) is 4.90 Å². The van der Waals surface area contributed by atoms with Gasteiger partial charge in [0, 0.05) is 7.05 Å². The van der Waals surface area contributed by atoms with Gasteiger partial charge >= 0.3 is 12.1 Å². The zero-order chi connectivity index (χ0) is 10.6. The lowest BCUT2D eigenvalue weighted by Crippen LogP contribution is -2.54. The van der Waals surface area contributed by atoms with Crippen LogP contribution in [0.1, 0.15) is 6.42 Å². The summed E-state index contributed by atoms with van der Waals surface area (Å²) in [6.07, 6.45) is -1.01. The molecule has 0 bridgehead atoms. The van der Waals surface area contributed by atoms with E-state index in [1.165, 1.54) is 4.90 Å². The Morgan fingerprint density at radius 1 is 1.27 bits per heavy atom. The van der Waals surface area contributed by atoms with Crippen molar-refractivity contribution in [2.45, 2.75) is 30.8 Å². The van der Waals surface area contributed by atoms with Crippen molar-refractivity contribution in [3.05, 3.63) is 0 Å². The number of rotatable bonds is 0. The highest BCUT2D eigenvalue weighted by Crippen LogP contribution is 2.34. The number of carbonyl (C=O) groups is 2. The number of ether oxygens (including phenoxy) is 3. The molecule has 0 aromatic rings. The van der Waals surface area contributed by atoms with Gasteiger partial charge in [-0.25, -0.2) is 4.79 Å². The average molecular weight is 213 g/mol. The van der Waals surface area contributed by atoms with E-state index in [1.54, 1.807) is 7.05 Å². The summed E-state index contributed by atoms with van der Waals surface area (Å²) >= 11 is 0. The molecule has 4 atom stereocenters. The molecule has 3 fully saturated rings. The van der Waals surface area contributed by atoms with Crippen LogP contribution in [0.5, 0.6) is 0 Å². The molecule has 0 aromatic carbocycles. The fourth-order valence-corrected chi connectivity index (χ4v) is 2.44. The van der Waals surface area contributed by atoms with Crippen LogP contribution in [0.2, 0.25) is 0 Å². The van der Waals surface area contributed by atoms with Crippen LogP contribution >= 0.6 is 0 Å². The first-order valence-corrected chi connectivity index (χ1v) is 4.91. The lowest BCUT2D eigenvalue weighted by atomic mass is 9.97. The summed E-state index contributed by atoms with van der Waals surface area (Å²) in [5.74, 6) is -0.265. The van der Waals surface area contributed by atoms with Crippen molar-refractivity contribution < 1.29 is 23.8 Å². The Kier molecular flexibility index (Phi) is 1.70. The average Bonchev–Trinajstić information content (AvgIpc) is 2.68. The van der Waals surface area contributed by atoms with Crippen LogP contribution in [0.4, 0.5) is 4.79 Å². The fourth-order valence-electron chi connectivity index (χ4n) is 2.44. The summed E-state index contributed by atoms with van der Waals surface area (Å²) in [5.41, 5.74) is 0. The van der Waals surface area contributed by atoms with Gasteiger partial charge < -0.3 is 19.1 Å². The molecule has 3 aliphatic heterocycles. The topological polar surface area (TPSA) is 65.1 Å². The molecule has 1 amide bonds. The molecule has 15 heavy (non-hydrogen) atoms. The van der Waals surface area contributed by atoms with Crippen LogP contribution in [-0.2, 0) is 19.0 Å². The summed E-state index contributed by atoms with van der Waals surface area (Å²) in [6.45, 7) is 0.346. The molecule has 0 aromatic heterocycles. The third-order valence-electron chi connectivity index (χ3n) is 3.18. The van der Waals surface area contributed by atoms with Crippen LogP contribution in [0.15, 0.2) is 0 Å². The van der Waals surface area contributed by atoms with E-state index in [1.807, 2.05) is 0 Å². The Morgan fingerprint density at radius 2 is 2.07 bits per heavy atom. The second-order valence-corrected chi connectivity index (χ2v) is 4.05. The van der Waals surface area contributed by atoms with Gasteiger partial charge in [-0.1, -0.05) is 0 Å². The molecule has 0 saturated carbocycles. The minimum absolute atomic E-state index is 0.192. The van der Waals surface area contributed by atoms with Crippen molar-refractivity contribution in [2.75, 3.05) is 13.7 Å². The highest BCUT2D eigenvalue weighted by Gasteiger charge is 2.55. The maximum atomic E-state index is 11.3. The molecule has 3 aliphatic rings. The van der Waals surface area contributed by atoms with E-state index in [-0.39, 0.29) is 42.8 Å². The smallest absolute Gasteiger partial charge is 0.410 e. The fraction of sp³-hybridized carbons (Fsp3) is 0.778. The van der Waals surface area contributed by atoms with Gasteiger partial charge in [0.05, 0.1) is 13.0 Å². The van der Waals surface area contributed by atoms with Crippen molar-refractivity contribution >= 4 is 12.1 Å². The second kappa shape index (κ2) is 2.85. The first-order valence-electron chi connectivity index (χ1n) is 4.91. The lowest BCUT2D eigenvalue weighted by molar-refractivity contribution is -0.149. The molecule has 0 radical (unpaired) electrons. The van der Waals surface area contributed by atoms with Gasteiger partial charge in [-0.05, 0) is 0 Å². The van der Waals surface area contributed by atoms with E-state index in [0.29, 0.717) is 6.61 Å². The normalized spacial score (nSPS) is 43.4. The van der Waals surface area contributed by atoms with Gasteiger partial charge in [0.2, 0.25) is 0 Å². The summed E-state index contributed by atoms with van der Waals surface area (Å²) in [6, 6.07) is -0.192. The monoisotopic (exact) mass is 213 g/mol. The van der Waals surface area contributed by atoms with Gasteiger partial charge in [0.15, 0.2) is 12.2 Å². The largest absolute Gasteiger partial charge is 0.457 e. The van der Waals surface area contributed by atoms with Crippen molar-refractivity contribution in [1.29, 1.82) is 0 Å². The molecule has 0 unspecified atom stereocenters. The summed E-state index contributed by atoms with van der Waals surface area (Å²) in [7, 11) is 1.65. The van der Waals surface area contributed by atoms with Crippen LogP contribution < -0.4 is 0 Å². The molecule has 6 nitrogen and oxygen atoms in total. The van der Waals surface area contributed by atoms with Crippen molar-refractivity contribution in [3.8, 4) is 0 Å². The molecule has 0 spiro atoms. The van der Waals surface area contributed by atoms with E-state index in [2.05, 4.69) is 0 Å². The number of likely N-dealkylation sites (N-methyl/N-ethyl adjacent to an activating group) is 1. The molecule has 0 N–H and O–H groups in total. The Bertz CT molecular complexity index is 330. The zero-order valence-corrected chi connectivity index (χ0v) is 8.21. The number of nitrogens with zero attached hydrogens (tertiary/aromatic N) is 1. The summed E-state index contributed by atoms with van der Waals surface area (Å²) < 4.78 is 15.7. The first kappa shape index (κ1) is 8.96. The number of esters is 1. The van der Waals surface area contributed by atoms with E-state index in [4.69, 9.17) is 14.2 Å². The van der Waals surface area contributed by atoms with Gasteiger partial charge in [-0.2, -0.15) is 0 Å². The minimum Gasteiger partial charge on any atom is -0.457 e. The second-order valence-electron chi connectivity index (χ2n) is 4.05. The predicted octanol–water partition coefficient (Wildman–Crippen LogP) is -0.480. The van der Waals surface area contributed by atoms with Crippen molar-refractivity contribution in [2.24, 2.45) is 0 Å². The quantitative estimate of drug-likeness (QED) is 0.508. The molecule has 3 saturated heterocycles. The molecule has 82 valence electrons. The SMILES string of the molecule is CN1C(=O)O[C@@H]2CO[C@H]3CC(=O)O[C@@H]3[C@@H]21. The van der Waals surface area contributed by atoms with Crippen LogP contribution in [0, 0.1) is 0 Å². The molecule has 3 rings (SSSR count). The molecule has 6 heteroatoms. The summed E-state index contributed by atoms with van der Waals surface area (Å²) in [5, 5.41) is 0. The molecular formula is C9H11NO5. The lowest BCUT2D eigenvalue weighted by Gasteiger charge is -2.34. The third-order valence-corrected chi connectivity index (χ3v) is 3.18. The van der Waals surface area contributed by atoms with Crippen LogP contribution in [-0.4, -0.2) is 55.0 Å². The highest BCUT2D eigenvalue weighted by atomic mass is 16.6. The number of amides is 1. The van der Waals surface area contributed by atoms with Crippen LogP contribution in [0.25, 0.3) is 0 Å². The standard InChI is InChI=1S/C9H11NO5/c1-10-7-5(14-9(10)12)3-13-4-2-6(11)15-8(4)7/h4-5,7-8H,2-3H2,1H3/t4-,5+,7+,8-/m0/s1. The maximum Gasteiger partial charge on any atom is 0.410 e. The number of carbonyl (C=O) groups excluding carboxylic acids is 2. The maximum absolute atomic E-state index is 11.3. The van der Waals surface area contributed by atoms with E-state index in [0.717, 1.165) is 0 Å². The summed E-state index contributed by atoms with van der Waals surface area (Å²) in [4.78, 5) is 23.9. The molecule has 0 aliphatic carbocycles. The predicted molar refractivity (Wildman–Crippen MR) is 46.1 cm³/mol. The first-order chi connectivity index (χ1) is 7.16. The van der Waals surface area contributed by atoms with Gasteiger partial charge in [0.1, 0.15) is 12.1 Å². The Labute approximate surface area is 86.1 Å². The van der Waals surface area contributed by atoms with Gasteiger partial charge in [0.25, 0.3) is 0 Å². The Morgan fingerprint density at radius 3 is 2.87 bits per heavy atom. The zero-order valence-electron chi connectivity index (χ0n) is 8.21. The molecule has 3 heterocycles. The third kappa shape index (κ3) is 1.14. The van der Waals surface area contributed by atoms with Gasteiger partial charge in [-0.3, -0.25) is 4.79 Å². The number of hydrogen-bond donors (Lipinski definition) is 0. The Hall–Kier alpha value is -1.30.